The van der Waals surface area contributed by atoms with E-state index in [2.05, 4.69) is 10.1 Å². The molecule has 2 saturated carbocycles. The van der Waals surface area contributed by atoms with Gasteiger partial charge in [0.1, 0.15) is 0 Å². The predicted octanol–water partition coefficient (Wildman–Crippen LogP) is 2.69. The topological polar surface area (TPSA) is 68.5 Å². The van der Waals surface area contributed by atoms with Crippen LogP contribution in [0.3, 0.4) is 0 Å². The van der Waals surface area contributed by atoms with Gasteiger partial charge in [0.25, 0.3) is 0 Å². The van der Waals surface area contributed by atoms with E-state index in [9.17, 15) is 4.79 Å². The highest BCUT2D eigenvalue weighted by molar-refractivity contribution is 5.80. The number of aromatic nitrogens is 2. The van der Waals surface area contributed by atoms with Crippen molar-refractivity contribution in [1.82, 2.24) is 15.0 Å². The van der Waals surface area contributed by atoms with Crippen molar-refractivity contribution >= 4 is 5.91 Å². The van der Waals surface area contributed by atoms with E-state index in [1.807, 2.05) is 4.90 Å². The van der Waals surface area contributed by atoms with E-state index < -0.39 is 0 Å². The second-order valence-electron chi connectivity index (χ2n) is 7.50. The number of likely N-dealkylation sites (tertiary alicyclic amines) is 1. The van der Waals surface area contributed by atoms with E-state index in [4.69, 9.17) is 9.26 Å². The van der Waals surface area contributed by atoms with Crippen molar-refractivity contribution in [3.05, 3.63) is 11.7 Å². The van der Waals surface area contributed by atoms with Crippen LogP contribution in [0.4, 0.5) is 0 Å². The van der Waals surface area contributed by atoms with Gasteiger partial charge >= 0.3 is 0 Å². The molecule has 6 heteroatoms. The van der Waals surface area contributed by atoms with E-state index in [1.54, 1.807) is 0 Å². The van der Waals surface area contributed by atoms with Crippen LogP contribution in [0.15, 0.2) is 4.52 Å². The molecule has 6 nitrogen and oxygen atoms in total. The number of rotatable bonds is 6. The highest BCUT2D eigenvalue weighted by Gasteiger charge is 2.38. The third-order valence-electron chi connectivity index (χ3n) is 5.71. The van der Waals surface area contributed by atoms with Gasteiger partial charge in [-0.15, -0.1) is 0 Å². The summed E-state index contributed by atoms with van der Waals surface area (Å²) in [7, 11) is 0. The Balaban J connectivity index is 1.20. The molecule has 0 aromatic carbocycles. The van der Waals surface area contributed by atoms with Gasteiger partial charge in [0.15, 0.2) is 5.82 Å². The number of hydrogen-bond acceptors (Lipinski definition) is 5. The van der Waals surface area contributed by atoms with Crippen LogP contribution < -0.4 is 0 Å². The van der Waals surface area contributed by atoms with E-state index in [0.29, 0.717) is 30.9 Å². The van der Waals surface area contributed by atoms with Crippen LogP contribution in [0.5, 0.6) is 0 Å². The predicted molar refractivity (Wildman–Crippen MR) is 87.5 cm³/mol. The third-order valence-corrected chi connectivity index (χ3v) is 5.71. The SMILES string of the molecule is O=C(C1CCCC1)N1CC(c2nc(CCOC3CCCC3)no2)C1. The van der Waals surface area contributed by atoms with E-state index in [1.165, 1.54) is 38.5 Å². The number of ether oxygens (including phenoxy) is 1. The van der Waals surface area contributed by atoms with Gasteiger partial charge in [-0.2, -0.15) is 4.98 Å². The van der Waals surface area contributed by atoms with Crippen LogP contribution in [-0.2, 0) is 16.0 Å². The van der Waals surface area contributed by atoms with Crippen molar-refractivity contribution in [2.24, 2.45) is 5.92 Å². The molecule has 2 aliphatic carbocycles. The fourth-order valence-corrected chi connectivity index (χ4v) is 4.15. The first-order valence-corrected chi connectivity index (χ1v) is 9.52. The summed E-state index contributed by atoms with van der Waals surface area (Å²) in [6, 6.07) is 0. The van der Waals surface area contributed by atoms with Crippen LogP contribution in [0.2, 0.25) is 0 Å². The number of amides is 1. The van der Waals surface area contributed by atoms with E-state index in [-0.39, 0.29) is 11.8 Å². The average molecular weight is 333 g/mol. The zero-order chi connectivity index (χ0) is 16.4. The molecule has 24 heavy (non-hydrogen) atoms. The molecule has 1 amide bonds. The summed E-state index contributed by atoms with van der Waals surface area (Å²) in [5.74, 6) is 2.21. The molecular weight excluding hydrogens is 306 g/mol. The number of nitrogens with zero attached hydrogens (tertiary/aromatic N) is 3. The first-order chi connectivity index (χ1) is 11.8. The molecular formula is C18H27N3O3. The van der Waals surface area contributed by atoms with Gasteiger partial charge in [-0.1, -0.05) is 30.8 Å². The lowest BCUT2D eigenvalue weighted by atomic mass is 9.96. The Hall–Kier alpha value is -1.43. The maximum Gasteiger partial charge on any atom is 0.233 e. The minimum absolute atomic E-state index is 0.215. The second kappa shape index (κ2) is 7.21. The lowest BCUT2D eigenvalue weighted by Crippen LogP contribution is -2.50. The van der Waals surface area contributed by atoms with Crippen molar-refractivity contribution in [1.29, 1.82) is 0 Å². The van der Waals surface area contributed by atoms with Crippen LogP contribution in [-0.4, -0.2) is 46.7 Å². The largest absolute Gasteiger partial charge is 0.378 e. The first-order valence-electron chi connectivity index (χ1n) is 9.52. The second-order valence-corrected chi connectivity index (χ2v) is 7.50. The Labute approximate surface area is 142 Å². The standard InChI is InChI=1S/C18H27N3O3/c22-18(13-5-1-2-6-13)21-11-14(12-21)17-19-16(20-24-17)9-10-23-15-7-3-4-8-15/h13-15H,1-12H2. The molecule has 0 unspecified atom stereocenters. The van der Waals surface area contributed by atoms with Crippen molar-refractivity contribution in [3.8, 4) is 0 Å². The molecule has 0 radical (unpaired) electrons. The molecule has 4 rings (SSSR count). The fraction of sp³-hybridized carbons (Fsp3) is 0.833. The Morgan fingerprint density at radius 2 is 1.83 bits per heavy atom. The minimum Gasteiger partial charge on any atom is -0.378 e. The molecule has 1 aromatic heterocycles. The lowest BCUT2D eigenvalue weighted by Gasteiger charge is -2.38. The van der Waals surface area contributed by atoms with Gasteiger partial charge in [0.05, 0.1) is 18.6 Å². The van der Waals surface area contributed by atoms with Crippen LogP contribution in [0, 0.1) is 5.92 Å². The molecule has 1 aliphatic heterocycles. The van der Waals surface area contributed by atoms with E-state index >= 15 is 0 Å². The van der Waals surface area contributed by atoms with Gasteiger partial charge < -0.3 is 14.2 Å². The summed E-state index contributed by atoms with van der Waals surface area (Å²) >= 11 is 0. The average Bonchev–Trinajstić information content (AvgIpc) is 3.29. The summed E-state index contributed by atoms with van der Waals surface area (Å²) in [6.07, 6.45) is 10.6. The third kappa shape index (κ3) is 3.48. The summed E-state index contributed by atoms with van der Waals surface area (Å²) in [5.41, 5.74) is 0. The minimum atomic E-state index is 0.215. The fourth-order valence-electron chi connectivity index (χ4n) is 4.15. The zero-order valence-electron chi connectivity index (χ0n) is 14.3. The molecule has 2 heterocycles. The number of hydrogen-bond donors (Lipinski definition) is 0. The normalized spacial score (nSPS) is 23.1. The molecule has 1 saturated heterocycles. The Morgan fingerprint density at radius 3 is 2.58 bits per heavy atom. The number of carbonyl (C=O) groups is 1. The van der Waals surface area contributed by atoms with Gasteiger partial charge in [-0.3, -0.25) is 4.79 Å². The maximum absolute atomic E-state index is 12.3. The van der Waals surface area contributed by atoms with Gasteiger partial charge in [-0.05, 0) is 25.7 Å². The Bertz CT molecular complexity index is 556. The molecule has 0 atom stereocenters. The zero-order valence-corrected chi connectivity index (χ0v) is 14.3. The lowest BCUT2D eigenvalue weighted by molar-refractivity contribution is -0.140. The summed E-state index contributed by atoms with van der Waals surface area (Å²) in [4.78, 5) is 18.8. The Morgan fingerprint density at radius 1 is 1.12 bits per heavy atom. The van der Waals surface area contributed by atoms with Gasteiger partial charge in [0, 0.05) is 25.4 Å². The van der Waals surface area contributed by atoms with Crippen LogP contribution in [0.25, 0.3) is 0 Å². The highest BCUT2D eigenvalue weighted by atomic mass is 16.5. The molecule has 3 aliphatic rings. The molecule has 132 valence electrons. The molecule has 0 N–H and O–H groups in total. The maximum atomic E-state index is 12.3. The van der Waals surface area contributed by atoms with Crippen molar-refractivity contribution < 1.29 is 14.1 Å². The van der Waals surface area contributed by atoms with Crippen molar-refractivity contribution in [2.75, 3.05) is 19.7 Å². The van der Waals surface area contributed by atoms with Crippen molar-refractivity contribution in [3.63, 3.8) is 0 Å². The van der Waals surface area contributed by atoms with Gasteiger partial charge in [-0.25, -0.2) is 0 Å². The molecule has 0 spiro atoms. The quantitative estimate of drug-likeness (QED) is 0.800. The monoisotopic (exact) mass is 333 g/mol. The van der Waals surface area contributed by atoms with E-state index in [0.717, 1.165) is 31.8 Å². The van der Waals surface area contributed by atoms with Crippen LogP contribution >= 0.6 is 0 Å². The molecule has 0 bridgehead atoms. The summed E-state index contributed by atoms with van der Waals surface area (Å²) < 4.78 is 11.2. The molecule has 3 fully saturated rings. The number of carbonyl (C=O) groups excluding carboxylic acids is 1. The molecule has 1 aromatic rings. The van der Waals surface area contributed by atoms with Crippen molar-refractivity contribution in [2.45, 2.75) is 69.8 Å². The Kier molecular flexibility index (Phi) is 4.83. The summed E-state index contributed by atoms with van der Waals surface area (Å²) in [5, 5.41) is 4.06. The first kappa shape index (κ1) is 16.1. The van der Waals surface area contributed by atoms with Gasteiger partial charge in [0.2, 0.25) is 11.8 Å². The highest BCUT2D eigenvalue weighted by Crippen LogP contribution is 2.32. The van der Waals surface area contributed by atoms with Crippen LogP contribution in [0.1, 0.15) is 69.0 Å². The smallest absolute Gasteiger partial charge is 0.233 e. The summed E-state index contributed by atoms with van der Waals surface area (Å²) in [6.45, 7) is 2.13.